The standard InChI is InChI=1S/C24H27F2N7O2/c1-34-20-10-16(11-27-30-20)32-12-14-7-8-15(13-32)22(14)28-24-29-23-19(6-3-9-33(23)31-24)35-18-5-2-4-17(25)21(18)26/h2,4-5,10-11,14-15,19,22H,3,6-9,12-13H2,1H3,(H,28,31)/t14-,15+,19-,22-/m1/s1. The van der Waals surface area contributed by atoms with Crippen LogP contribution < -0.4 is 19.7 Å². The van der Waals surface area contributed by atoms with E-state index < -0.39 is 17.7 Å². The van der Waals surface area contributed by atoms with Gasteiger partial charge in [-0.1, -0.05) is 6.07 Å². The van der Waals surface area contributed by atoms with Gasteiger partial charge in [0.15, 0.2) is 23.5 Å². The number of aromatic nitrogens is 5. The van der Waals surface area contributed by atoms with E-state index in [-0.39, 0.29) is 11.8 Å². The Hall–Kier alpha value is -3.50. The lowest BCUT2D eigenvalue weighted by Gasteiger charge is -2.39. The molecule has 9 nitrogen and oxygen atoms in total. The molecule has 3 aromatic rings. The molecule has 4 atom stereocenters. The predicted molar refractivity (Wildman–Crippen MR) is 123 cm³/mol. The third-order valence-electron chi connectivity index (χ3n) is 7.33. The second-order valence-electron chi connectivity index (χ2n) is 9.45. The quantitative estimate of drug-likeness (QED) is 0.569. The van der Waals surface area contributed by atoms with Crippen LogP contribution in [0.25, 0.3) is 0 Å². The molecule has 6 rings (SSSR count). The van der Waals surface area contributed by atoms with E-state index in [9.17, 15) is 8.78 Å². The van der Waals surface area contributed by atoms with E-state index in [4.69, 9.17) is 14.5 Å². The van der Waals surface area contributed by atoms with Gasteiger partial charge in [-0.2, -0.15) is 14.5 Å². The van der Waals surface area contributed by atoms with Crippen LogP contribution in [-0.2, 0) is 6.54 Å². The molecule has 0 amide bonds. The summed E-state index contributed by atoms with van der Waals surface area (Å²) in [5.74, 6) is 0.605. The molecule has 2 bridgehead atoms. The van der Waals surface area contributed by atoms with Crippen LogP contribution in [0.4, 0.5) is 20.4 Å². The topological polar surface area (TPSA) is 90.2 Å². The maximum Gasteiger partial charge on any atom is 0.242 e. The summed E-state index contributed by atoms with van der Waals surface area (Å²) in [5, 5.41) is 16.3. The highest BCUT2D eigenvalue weighted by molar-refractivity contribution is 5.48. The Morgan fingerprint density at radius 3 is 2.74 bits per heavy atom. The number of aryl methyl sites for hydroxylation is 1. The maximum atomic E-state index is 14.2. The van der Waals surface area contributed by atoms with Gasteiger partial charge in [0.25, 0.3) is 0 Å². The average Bonchev–Trinajstić information content (AvgIpc) is 3.38. The number of nitrogens with zero attached hydrogens (tertiary/aromatic N) is 6. The van der Waals surface area contributed by atoms with Gasteiger partial charge >= 0.3 is 0 Å². The van der Waals surface area contributed by atoms with Gasteiger partial charge in [0.05, 0.1) is 19.0 Å². The van der Waals surface area contributed by atoms with E-state index in [1.54, 1.807) is 13.3 Å². The summed E-state index contributed by atoms with van der Waals surface area (Å²) in [6.45, 7) is 2.53. The van der Waals surface area contributed by atoms with Crippen molar-refractivity contribution in [3.05, 3.63) is 47.9 Å². The van der Waals surface area contributed by atoms with E-state index >= 15 is 0 Å². The first kappa shape index (κ1) is 22.0. The molecule has 2 aliphatic heterocycles. The smallest absolute Gasteiger partial charge is 0.242 e. The van der Waals surface area contributed by atoms with Crippen molar-refractivity contribution >= 4 is 11.6 Å². The third kappa shape index (κ3) is 4.12. The summed E-state index contributed by atoms with van der Waals surface area (Å²) in [6, 6.07) is 6.15. The van der Waals surface area contributed by atoms with Crippen molar-refractivity contribution in [2.45, 2.75) is 44.4 Å². The molecule has 11 heteroatoms. The molecule has 0 radical (unpaired) electrons. The van der Waals surface area contributed by atoms with Gasteiger partial charge in [-0.3, -0.25) is 0 Å². The Bertz CT molecular complexity index is 1210. The summed E-state index contributed by atoms with van der Waals surface area (Å²) in [4.78, 5) is 7.07. The van der Waals surface area contributed by atoms with Crippen molar-refractivity contribution in [1.29, 1.82) is 0 Å². The first-order chi connectivity index (χ1) is 17.1. The molecule has 2 fully saturated rings. The number of benzene rings is 1. The summed E-state index contributed by atoms with van der Waals surface area (Å²) in [7, 11) is 1.59. The van der Waals surface area contributed by atoms with Crippen LogP contribution in [0.2, 0.25) is 0 Å². The van der Waals surface area contributed by atoms with Crippen LogP contribution in [0.1, 0.15) is 37.6 Å². The fourth-order valence-corrected chi connectivity index (χ4v) is 5.64. The van der Waals surface area contributed by atoms with Crippen molar-refractivity contribution in [2.24, 2.45) is 11.8 Å². The highest BCUT2D eigenvalue weighted by Crippen LogP contribution is 2.40. The summed E-state index contributed by atoms with van der Waals surface area (Å²) >= 11 is 0. The summed E-state index contributed by atoms with van der Waals surface area (Å²) in [6.07, 6.45) is 5.06. The minimum Gasteiger partial charge on any atom is -0.480 e. The number of rotatable bonds is 6. The Kier molecular flexibility index (Phi) is 5.62. The number of piperidine rings is 1. The van der Waals surface area contributed by atoms with E-state index in [0.717, 1.165) is 50.7 Å². The van der Waals surface area contributed by atoms with Gasteiger partial charge in [0, 0.05) is 31.7 Å². The van der Waals surface area contributed by atoms with Crippen molar-refractivity contribution in [3.8, 4) is 11.6 Å². The van der Waals surface area contributed by atoms with Gasteiger partial charge in [0.2, 0.25) is 17.6 Å². The number of fused-ring (bicyclic) bond motifs is 3. The Balaban J connectivity index is 1.17. The zero-order chi connectivity index (χ0) is 23.9. The summed E-state index contributed by atoms with van der Waals surface area (Å²) < 4.78 is 40.7. The number of hydrogen-bond donors (Lipinski definition) is 1. The molecule has 3 aliphatic rings. The normalized spacial score (nSPS) is 25.3. The molecular weight excluding hydrogens is 456 g/mol. The molecule has 1 N–H and O–H groups in total. The molecule has 4 heterocycles. The molecule has 184 valence electrons. The Morgan fingerprint density at radius 1 is 1.11 bits per heavy atom. The lowest BCUT2D eigenvalue weighted by molar-refractivity contribution is 0.147. The largest absolute Gasteiger partial charge is 0.480 e. The minimum atomic E-state index is -0.979. The fraction of sp³-hybridized carbons (Fsp3) is 0.500. The molecule has 35 heavy (non-hydrogen) atoms. The molecule has 0 unspecified atom stereocenters. The molecule has 1 saturated heterocycles. The Morgan fingerprint density at radius 2 is 1.94 bits per heavy atom. The second-order valence-corrected chi connectivity index (χ2v) is 9.45. The number of halogens is 2. The number of methoxy groups -OCH3 is 1. The number of anilines is 2. The van der Waals surface area contributed by atoms with E-state index in [1.807, 2.05) is 10.7 Å². The second kappa shape index (κ2) is 8.94. The Labute approximate surface area is 201 Å². The van der Waals surface area contributed by atoms with Crippen LogP contribution >= 0.6 is 0 Å². The molecule has 1 aliphatic carbocycles. The van der Waals surface area contributed by atoms with Crippen molar-refractivity contribution in [3.63, 3.8) is 0 Å². The average molecular weight is 484 g/mol. The van der Waals surface area contributed by atoms with Gasteiger partial charge in [0.1, 0.15) is 0 Å². The number of nitrogens with one attached hydrogen (secondary N) is 1. The lowest BCUT2D eigenvalue weighted by Crippen LogP contribution is -2.48. The highest BCUT2D eigenvalue weighted by atomic mass is 19.2. The van der Waals surface area contributed by atoms with Crippen LogP contribution in [0.3, 0.4) is 0 Å². The van der Waals surface area contributed by atoms with E-state index in [1.165, 1.54) is 12.1 Å². The van der Waals surface area contributed by atoms with E-state index in [0.29, 0.717) is 35.9 Å². The lowest BCUT2D eigenvalue weighted by atomic mass is 9.92. The zero-order valence-corrected chi connectivity index (χ0v) is 19.4. The number of hydrogen-bond acceptors (Lipinski definition) is 8. The van der Waals surface area contributed by atoms with Crippen LogP contribution in [0.5, 0.6) is 11.6 Å². The van der Waals surface area contributed by atoms with Gasteiger partial charge in [-0.25, -0.2) is 9.07 Å². The predicted octanol–water partition coefficient (Wildman–Crippen LogP) is 3.60. The van der Waals surface area contributed by atoms with Crippen molar-refractivity contribution in [2.75, 3.05) is 30.4 Å². The van der Waals surface area contributed by atoms with Gasteiger partial charge < -0.3 is 19.7 Å². The monoisotopic (exact) mass is 483 g/mol. The molecule has 1 aromatic carbocycles. The van der Waals surface area contributed by atoms with Gasteiger partial charge in [-0.15, -0.1) is 10.2 Å². The zero-order valence-electron chi connectivity index (χ0n) is 19.4. The first-order valence-corrected chi connectivity index (χ1v) is 12.0. The SMILES string of the molecule is COc1cc(N2C[C@H]3CC[C@@H](C2)[C@@H]3Nc2nc3n(n2)CCC[C@H]3Oc2cccc(F)c2F)cnn1. The summed E-state index contributed by atoms with van der Waals surface area (Å²) in [5.41, 5.74) is 1.02. The minimum absolute atomic E-state index is 0.103. The van der Waals surface area contributed by atoms with E-state index in [2.05, 4.69) is 25.5 Å². The van der Waals surface area contributed by atoms with Crippen LogP contribution in [0, 0.1) is 23.5 Å². The fourth-order valence-electron chi connectivity index (χ4n) is 5.64. The maximum absolute atomic E-state index is 14.2. The van der Waals surface area contributed by atoms with Crippen molar-refractivity contribution < 1.29 is 18.3 Å². The highest BCUT2D eigenvalue weighted by Gasteiger charge is 2.43. The van der Waals surface area contributed by atoms with Crippen LogP contribution in [0.15, 0.2) is 30.5 Å². The first-order valence-electron chi connectivity index (χ1n) is 12.0. The van der Waals surface area contributed by atoms with Crippen molar-refractivity contribution in [1.82, 2.24) is 25.0 Å². The molecular formula is C24H27F2N7O2. The third-order valence-corrected chi connectivity index (χ3v) is 7.33. The molecule has 1 saturated carbocycles. The number of ether oxygens (including phenoxy) is 2. The van der Waals surface area contributed by atoms with Gasteiger partial charge in [-0.05, 0) is 49.7 Å². The van der Waals surface area contributed by atoms with Crippen LogP contribution in [-0.4, -0.2) is 51.2 Å². The molecule has 0 spiro atoms. The molecule has 2 aromatic heterocycles.